The first-order valence-electron chi connectivity index (χ1n) is 8.20. The van der Waals surface area contributed by atoms with E-state index in [9.17, 15) is 0 Å². The number of pyridine rings is 1. The zero-order valence-corrected chi connectivity index (χ0v) is 14.5. The van der Waals surface area contributed by atoms with Crippen molar-refractivity contribution >= 4 is 33.3 Å². The summed E-state index contributed by atoms with van der Waals surface area (Å²) in [4.78, 5) is 4.15. The molecule has 0 fully saturated rings. The van der Waals surface area contributed by atoms with Crippen molar-refractivity contribution < 1.29 is 0 Å². The van der Waals surface area contributed by atoms with Crippen LogP contribution in [-0.2, 0) is 6.42 Å². The zero-order chi connectivity index (χ0) is 17.1. The van der Waals surface area contributed by atoms with Crippen LogP contribution in [0.5, 0.6) is 0 Å². The molecule has 0 aliphatic carbocycles. The third-order valence-electron chi connectivity index (χ3n) is 4.24. The predicted octanol–water partition coefficient (Wildman–Crippen LogP) is 3.65. The molecule has 0 saturated heterocycles. The Hall–Kier alpha value is -2.50. The minimum atomic E-state index is -0.0946. The van der Waals surface area contributed by atoms with Crippen molar-refractivity contribution in [2.45, 2.75) is 12.5 Å². The lowest BCUT2D eigenvalue weighted by molar-refractivity contribution is 0.839. The number of fused-ring (bicyclic) bond motifs is 1. The largest absolute Gasteiger partial charge is 0.323 e. The number of nitrogens with two attached hydrogens (primary N) is 1. The SMILES string of the molecule is NC(Cc1ccccc1)C1=NN=C(c2ccc3cnccc3c2)SC1. The molecule has 2 N–H and O–H groups in total. The fraction of sp³-hybridized carbons (Fsp3) is 0.150. The number of aromatic nitrogens is 1. The molecule has 1 unspecified atom stereocenters. The van der Waals surface area contributed by atoms with Crippen LogP contribution in [0.3, 0.4) is 0 Å². The molecule has 1 aromatic heterocycles. The molecule has 3 aromatic rings. The fourth-order valence-corrected chi connectivity index (χ4v) is 3.78. The Morgan fingerprint density at radius 3 is 2.68 bits per heavy atom. The standard InChI is InChI=1S/C20H18N4S/c21-18(10-14-4-2-1-3-5-14)19-13-25-20(24-23-19)16-6-7-17-12-22-9-8-15(17)11-16/h1-9,11-12,18H,10,13,21H2. The van der Waals surface area contributed by atoms with Crippen molar-refractivity contribution in [2.24, 2.45) is 15.9 Å². The smallest absolute Gasteiger partial charge is 0.126 e. The fourth-order valence-electron chi connectivity index (χ4n) is 2.83. The maximum absolute atomic E-state index is 6.32. The number of hydrogen-bond donors (Lipinski definition) is 1. The van der Waals surface area contributed by atoms with E-state index >= 15 is 0 Å². The summed E-state index contributed by atoms with van der Waals surface area (Å²) in [6, 6.07) is 18.5. The average Bonchev–Trinajstić information content (AvgIpc) is 2.68. The first-order chi connectivity index (χ1) is 12.3. The van der Waals surface area contributed by atoms with Crippen LogP contribution in [0.4, 0.5) is 0 Å². The van der Waals surface area contributed by atoms with Gasteiger partial charge in [-0.2, -0.15) is 5.10 Å². The van der Waals surface area contributed by atoms with Crippen molar-refractivity contribution in [3.05, 3.63) is 78.1 Å². The molecule has 124 valence electrons. The molecule has 2 aromatic carbocycles. The van der Waals surface area contributed by atoms with Crippen LogP contribution in [-0.4, -0.2) is 27.5 Å². The van der Waals surface area contributed by atoms with Crippen LogP contribution < -0.4 is 5.73 Å². The Labute approximate surface area is 150 Å². The monoisotopic (exact) mass is 346 g/mol. The van der Waals surface area contributed by atoms with Gasteiger partial charge in [-0.15, -0.1) is 5.10 Å². The first kappa shape index (κ1) is 16.0. The van der Waals surface area contributed by atoms with Gasteiger partial charge in [0.1, 0.15) is 5.04 Å². The van der Waals surface area contributed by atoms with Gasteiger partial charge in [0.2, 0.25) is 0 Å². The lowest BCUT2D eigenvalue weighted by Crippen LogP contribution is -2.35. The molecule has 5 heteroatoms. The summed E-state index contributed by atoms with van der Waals surface area (Å²) in [6.07, 6.45) is 4.46. The summed E-state index contributed by atoms with van der Waals surface area (Å²) in [6.45, 7) is 0. The van der Waals surface area contributed by atoms with Gasteiger partial charge in [0.15, 0.2) is 0 Å². The summed E-state index contributed by atoms with van der Waals surface area (Å²) in [5.41, 5.74) is 9.57. The van der Waals surface area contributed by atoms with E-state index in [1.54, 1.807) is 18.0 Å². The van der Waals surface area contributed by atoms with Gasteiger partial charge in [0.25, 0.3) is 0 Å². The van der Waals surface area contributed by atoms with Gasteiger partial charge in [-0.1, -0.05) is 54.2 Å². The van der Waals surface area contributed by atoms with Gasteiger partial charge >= 0.3 is 0 Å². The number of benzene rings is 2. The second-order valence-electron chi connectivity index (χ2n) is 6.02. The maximum atomic E-state index is 6.32. The van der Waals surface area contributed by atoms with Gasteiger partial charge in [-0.25, -0.2) is 0 Å². The zero-order valence-electron chi connectivity index (χ0n) is 13.7. The van der Waals surface area contributed by atoms with E-state index in [1.165, 1.54) is 5.56 Å². The van der Waals surface area contributed by atoms with E-state index < -0.39 is 0 Å². The summed E-state index contributed by atoms with van der Waals surface area (Å²) < 4.78 is 0. The third kappa shape index (κ3) is 3.62. The maximum Gasteiger partial charge on any atom is 0.126 e. The molecule has 0 radical (unpaired) electrons. The lowest BCUT2D eigenvalue weighted by Gasteiger charge is -2.17. The van der Waals surface area contributed by atoms with Crippen molar-refractivity contribution in [2.75, 3.05) is 5.75 Å². The van der Waals surface area contributed by atoms with Gasteiger partial charge < -0.3 is 5.73 Å². The Kier molecular flexibility index (Phi) is 4.59. The minimum absolute atomic E-state index is 0.0946. The van der Waals surface area contributed by atoms with E-state index in [2.05, 4.69) is 45.5 Å². The van der Waals surface area contributed by atoms with Crippen molar-refractivity contribution in [1.29, 1.82) is 0 Å². The van der Waals surface area contributed by atoms with Crippen LogP contribution >= 0.6 is 11.8 Å². The molecule has 0 amide bonds. The Bertz CT molecular complexity index is 950. The minimum Gasteiger partial charge on any atom is -0.323 e. The summed E-state index contributed by atoms with van der Waals surface area (Å²) in [5, 5.41) is 12.1. The second-order valence-corrected chi connectivity index (χ2v) is 6.98. The highest BCUT2D eigenvalue weighted by atomic mass is 32.2. The van der Waals surface area contributed by atoms with Crippen molar-refractivity contribution in [3.8, 4) is 0 Å². The molecule has 1 aliphatic rings. The molecule has 0 spiro atoms. The first-order valence-corrected chi connectivity index (χ1v) is 9.19. The number of nitrogens with zero attached hydrogens (tertiary/aromatic N) is 3. The van der Waals surface area contributed by atoms with Crippen LogP contribution in [0.25, 0.3) is 10.8 Å². The van der Waals surface area contributed by atoms with Gasteiger partial charge in [-0.05, 0) is 29.5 Å². The summed E-state index contributed by atoms with van der Waals surface area (Å²) in [5.74, 6) is 0.779. The Balaban J connectivity index is 1.53. The summed E-state index contributed by atoms with van der Waals surface area (Å²) >= 11 is 1.70. The summed E-state index contributed by atoms with van der Waals surface area (Å²) in [7, 11) is 0. The van der Waals surface area contributed by atoms with E-state index in [1.807, 2.05) is 30.5 Å². The molecular weight excluding hydrogens is 328 g/mol. The van der Waals surface area contributed by atoms with Crippen LogP contribution in [0.2, 0.25) is 0 Å². The molecule has 0 saturated carbocycles. The lowest BCUT2D eigenvalue weighted by atomic mass is 10.0. The number of rotatable bonds is 4. The van der Waals surface area contributed by atoms with Crippen LogP contribution in [0.15, 0.2) is 77.2 Å². The normalized spacial score (nSPS) is 15.6. The Morgan fingerprint density at radius 1 is 1.00 bits per heavy atom. The molecule has 1 atom stereocenters. The highest BCUT2D eigenvalue weighted by molar-refractivity contribution is 8.15. The molecule has 4 rings (SSSR count). The second kappa shape index (κ2) is 7.17. The molecule has 25 heavy (non-hydrogen) atoms. The van der Waals surface area contributed by atoms with Crippen LogP contribution in [0, 0.1) is 0 Å². The van der Waals surface area contributed by atoms with Crippen LogP contribution in [0.1, 0.15) is 11.1 Å². The van der Waals surface area contributed by atoms with Gasteiger partial charge in [0, 0.05) is 35.1 Å². The molecular formula is C20H18N4S. The molecule has 4 nitrogen and oxygen atoms in total. The van der Waals surface area contributed by atoms with E-state index in [4.69, 9.17) is 5.73 Å². The van der Waals surface area contributed by atoms with E-state index in [0.717, 1.165) is 39.3 Å². The number of hydrogen-bond acceptors (Lipinski definition) is 5. The van der Waals surface area contributed by atoms with Gasteiger partial charge in [0.05, 0.1) is 5.71 Å². The topological polar surface area (TPSA) is 63.6 Å². The molecule has 2 heterocycles. The highest BCUT2D eigenvalue weighted by Crippen LogP contribution is 2.23. The van der Waals surface area contributed by atoms with Gasteiger partial charge in [-0.3, -0.25) is 4.98 Å². The number of thioether (sulfide) groups is 1. The average molecular weight is 346 g/mol. The quantitative estimate of drug-likeness (QED) is 0.784. The van der Waals surface area contributed by atoms with E-state index in [-0.39, 0.29) is 6.04 Å². The van der Waals surface area contributed by atoms with E-state index in [0.29, 0.717) is 0 Å². The third-order valence-corrected chi connectivity index (χ3v) is 5.27. The molecule has 1 aliphatic heterocycles. The Morgan fingerprint density at radius 2 is 1.88 bits per heavy atom. The predicted molar refractivity (Wildman–Crippen MR) is 106 cm³/mol. The van der Waals surface area contributed by atoms with Crippen molar-refractivity contribution in [3.63, 3.8) is 0 Å². The molecule has 0 bridgehead atoms. The van der Waals surface area contributed by atoms with Crippen molar-refractivity contribution in [1.82, 2.24) is 4.98 Å². The highest BCUT2D eigenvalue weighted by Gasteiger charge is 2.18.